The number of carbonyl (C=O) groups excluding carboxylic acids is 1. The predicted molar refractivity (Wildman–Crippen MR) is 87.6 cm³/mol. The summed E-state index contributed by atoms with van der Waals surface area (Å²) in [7, 11) is 0. The number of likely N-dealkylation sites (tertiary alicyclic amines) is 1. The molecule has 1 saturated heterocycles. The van der Waals surface area contributed by atoms with Crippen LogP contribution in [0, 0.1) is 10.1 Å². The van der Waals surface area contributed by atoms with Gasteiger partial charge in [0.1, 0.15) is 5.69 Å². The van der Waals surface area contributed by atoms with Crippen LogP contribution in [-0.2, 0) is 11.0 Å². The van der Waals surface area contributed by atoms with Crippen molar-refractivity contribution in [2.24, 2.45) is 5.73 Å². The maximum Gasteiger partial charge on any atom is 0.416 e. The molecule has 1 aliphatic rings. The number of nitrogens with one attached hydrogen (secondary N) is 1. The van der Waals surface area contributed by atoms with E-state index in [9.17, 15) is 28.1 Å². The molecule has 0 bridgehead atoms. The second-order valence-corrected chi connectivity index (χ2v) is 5.55. The maximum atomic E-state index is 12.6. The molecule has 1 aliphatic heterocycles. The van der Waals surface area contributed by atoms with Crippen LogP contribution in [0.4, 0.5) is 24.5 Å². The quantitative estimate of drug-likeness (QED) is 0.601. The molecule has 1 amide bonds. The minimum Gasteiger partial charge on any atom is -0.379 e. The van der Waals surface area contributed by atoms with Gasteiger partial charge in [0.2, 0.25) is 5.91 Å². The van der Waals surface area contributed by atoms with Gasteiger partial charge in [0.25, 0.3) is 5.69 Å². The van der Waals surface area contributed by atoms with Crippen molar-refractivity contribution in [3.05, 3.63) is 33.9 Å². The largest absolute Gasteiger partial charge is 0.416 e. The number of benzene rings is 1. The van der Waals surface area contributed by atoms with Gasteiger partial charge in [0.15, 0.2) is 0 Å². The van der Waals surface area contributed by atoms with Gasteiger partial charge in [-0.2, -0.15) is 13.2 Å². The van der Waals surface area contributed by atoms with Gasteiger partial charge >= 0.3 is 6.18 Å². The van der Waals surface area contributed by atoms with Crippen molar-refractivity contribution in [2.75, 3.05) is 25.0 Å². The summed E-state index contributed by atoms with van der Waals surface area (Å²) in [5, 5.41) is 13.6. The zero-order valence-corrected chi connectivity index (χ0v) is 13.9. The second-order valence-electron chi connectivity index (χ2n) is 5.55. The van der Waals surface area contributed by atoms with E-state index in [0.29, 0.717) is 19.2 Å². The first-order chi connectivity index (χ1) is 11.2. The van der Waals surface area contributed by atoms with Gasteiger partial charge in [0.05, 0.1) is 10.5 Å². The highest BCUT2D eigenvalue weighted by Gasteiger charge is 2.33. The Morgan fingerprint density at radius 3 is 2.64 bits per heavy atom. The molecule has 1 aromatic rings. The Hall–Kier alpha value is -2.07. The predicted octanol–water partition coefficient (Wildman–Crippen LogP) is 2.40. The van der Waals surface area contributed by atoms with Gasteiger partial charge in [-0.3, -0.25) is 14.9 Å². The number of nitro groups is 1. The minimum absolute atomic E-state index is 0. The number of anilines is 1. The normalized spacial score (nSPS) is 17.1. The molecule has 3 N–H and O–H groups in total. The molecule has 1 aromatic carbocycles. The molecule has 0 spiro atoms. The van der Waals surface area contributed by atoms with Gasteiger partial charge < -0.3 is 16.0 Å². The first-order valence-electron chi connectivity index (χ1n) is 7.31. The molecule has 0 aliphatic carbocycles. The number of nitro benzene ring substituents is 1. The van der Waals surface area contributed by atoms with Crippen LogP contribution in [0.2, 0.25) is 0 Å². The lowest BCUT2D eigenvalue weighted by Gasteiger charge is -2.16. The maximum absolute atomic E-state index is 12.6. The zero-order chi connectivity index (χ0) is 17.9. The number of hydrogen-bond donors (Lipinski definition) is 2. The number of alkyl halides is 3. The molecule has 1 fully saturated rings. The third kappa shape index (κ3) is 5.46. The molecule has 7 nitrogen and oxygen atoms in total. The number of hydrogen-bond acceptors (Lipinski definition) is 5. The first-order valence-corrected chi connectivity index (χ1v) is 7.31. The van der Waals surface area contributed by atoms with E-state index < -0.39 is 22.4 Å². The Morgan fingerprint density at radius 2 is 2.12 bits per heavy atom. The molecule has 2 rings (SSSR count). The van der Waals surface area contributed by atoms with E-state index in [4.69, 9.17) is 5.73 Å². The summed E-state index contributed by atoms with van der Waals surface area (Å²) in [5.41, 5.74) is 3.88. The highest BCUT2D eigenvalue weighted by molar-refractivity contribution is 5.85. The highest BCUT2D eigenvalue weighted by atomic mass is 35.5. The highest BCUT2D eigenvalue weighted by Crippen LogP contribution is 2.34. The first kappa shape index (κ1) is 21.0. The molecular weight excluding hydrogens is 365 g/mol. The zero-order valence-electron chi connectivity index (χ0n) is 13.1. The Bertz CT molecular complexity index is 642. The Kier molecular flexibility index (Phi) is 7.00. The average Bonchev–Trinajstić information content (AvgIpc) is 2.92. The number of nitrogens with zero attached hydrogens (tertiary/aromatic N) is 2. The summed E-state index contributed by atoms with van der Waals surface area (Å²) in [6.45, 7) is 1.12. The molecule has 25 heavy (non-hydrogen) atoms. The molecule has 1 atom stereocenters. The average molecular weight is 383 g/mol. The number of amides is 1. The fourth-order valence-corrected chi connectivity index (χ4v) is 2.48. The van der Waals surface area contributed by atoms with Crippen LogP contribution in [0.1, 0.15) is 18.4 Å². The summed E-state index contributed by atoms with van der Waals surface area (Å²) in [6.07, 6.45) is -3.86. The van der Waals surface area contributed by atoms with Crippen molar-refractivity contribution >= 4 is 29.7 Å². The monoisotopic (exact) mass is 382 g/mol. The van der Waals surface area contributed by atoms with E-state index in [2.05, 4.69) is 5.32 Å². The van der Waals surface area contributed by atoms with Crippen molar-refractivity contribution in [3.63, 3.8) is 0 Å². The Balaban J connectivity index is 0.00000312. The van der Waals surface area contributed by atoms with Gasteiger partial charge in [-0.25, -0.2) is 0 Å². The molecule has 11 heteroatoms. The fraction of sp³-hybridized carbons (Fsp3) is 0.500. The second kappa shape index (κ2) is 8.34. The summed E-state index contributed by atoms with van der Waals surface area (Å²) in [5.74, 6) is -0.148. The van der Waals surface area contributed by atoms with Crippen LogP contribution in [0.5, 0.6) is 0 Å². The van der Waals surface area contributed by atoms with Crippen LogP contribution in [0.15, 0.2) is 18.2 Å². The molecular formula is C14H18ClF3N4O3. The van der Waals surface area contributed by atoms with Crippen LogP contribution >= 0.6 is 12.4 Å². The van der Waals surface area contributed by atoms with E-state index in [1.807, 2.05) is 0 Å². The molecule has 1 heterocycles. The molecule has 0 unspecified atom stereocenters. The van der Waals surface area contributed by atoms with E-state index in [1.165, 1.54) is 0 Å². The minimum atomic E-state index is -4.66. The lowest BCUT2D eigenvalue weighted by atomic mass is 10.1. The summed E-state index contributed by atoms with van der Waals surface area (Å²) >= 11 is 0. The van der Waals surface area contributed by atoms with Crippen LogP contribution in [0.3, 0.4) is 0 Å². The molecule has 140 valence electrons. The lowest BCUT2D eigenvalue weighted by molar-refractivity contribution is -0.384. The van der Waals surface area contributed by atoms with Crippen LogP contribution in [0.25, 0.3) is 0 Å². The van der Waals surface area contributed by atoms with Crippen molar-refractivity contribution < 1.29 is 22.9 Å². The van der Waals surface area contributed by atoms with Crippen molar-refractivity contribution in [1.82, 2.24) is 4.90 Å². The van der Waals surface area contributed by atoms with E-state index in [0.717, 1.165) is 18.6 Å². The fourth-order valence-electron chi connectivity index (χ4n) is 2.48. The smallest absolute Gasteiger partial charge is 0.379 e. The summed E-state index contributed by atoms with van der Waals surface area (Å²) in [6, 6.07) is 2.19. The van der Waals surface area contributed by atoms with Gasteiger partial charge in [-0.05, 0) is 18.6 Å². The molecule has 0 radical (unpaired) electrons. The standard InChI is InChI=1S/C14H17F3N4O3.ClH/c15-14(16,17)9-1-2-11(12(7-9)21(23)24)19-5-3-13(22)20-6-4-10(18)8-20;/h1-2,7,10,19H,3-6,8,18H2;1H/t10-;/m1./s1. The summed E-state index contributed by atoms with van der Waals surface area (Å²) < 4.78 is 37.9. The van der Waals surface area contributed by atoms with E-state index in [1.54, 1.807) is 4.90 Å². The topological polar surface area (TPSA) is 102 Å². The number of carbonyl (C=O) groups is 1. The van der Waals surface area contributed by atoms with Gasteiger partial charge in [-0.15, -0.1) is 12.4 Å². The van der Waals surface area contributed by atoms with E-state index >= 15 is 0 Å². The lowest BCUT2D eigenvalue weighted by Crippen LogP contribution is -2.32. The van der Waals surface area contributed by atoms with Gasteiger partial charge in [-0.1, -0.05) is 0 Å². The van der Waals surface area contributed by atoms with E-state index in [-0.39, 0.29) is 43.0 Å². The molecule has 0 aromatic heterocycles. The number of nitrogens with two attached hydrogens (primary N) is 1. The number of rotatable bonds is 5. The Labute approximate surface area is 147 Å². The molecule has 0 saturated carbocycles. The number of halogens is 4. The van der Waals surface area contributed by atoms with Crippen LogP contribution < -0.4 is 11.1 Å². The third-order valence-corrected chi connectivity index (χ3v) is 3.75. The van der Waals surface area contributed by atoms with Crippen molar-refractivity contribution in [1.29, 1.82) is 0 Å². The Morgan fingerprint density at radius 1 is 1.44 bits per heavy atom. The van der Waals surface area contributed by atoms with Crippen molar-refractivity contribution in [2.45, 2.75) is 25.1 Å². The van der Waals surface area contributed by atoms with Crippen molar-refractivity contribution in [3.8, 4) is 0 Å². The summed E-state index contributed by atoms with van der Waals surface area (Å²) in [4.78, 5) is 23.6. The third-order valence-electron chi connectivity index (χ3n) is 3.75. The van der Waals surface area contributed by atoms with Crippen LogP contribution in [-0.4, -0.2) is 41.4 Å². The SMILES string of the molecule is Cl.N[C@@H]1CCN(C(=O)CCNc2ccc(C(F)(F)F)cc2[N+](=O)[O-])C1. The van der Waals surface area contributed by atoms with Gasteiger partial charge in [0, 0.05) is 38.2 Å².